The number of aliphatic hydroxyl groups excluding tert-OH is 1. The highest BCUT2D eigenvalue weighted by Gasteiger charge is 2.25. The van der Waals surface area contributed by atoms with Gasteiger partial charge in [-0.1, -0.05) is 30.3 Å². The van der Waals surface area contributed by atoms with E-state index in [2.05, 4.69) is 5.32 Å². The fraction of sp³-hybridized carbons (Fsp3) is 0.529. The van der Waals surface area contributed by atoms with E-state index < -0.39 is 29.8 Å². The molecule has 3 N–H and O–H groups in total. The molecule has 0 aliphatic rings. The number of alkyl carbamates (subject to hydrolysis) is 1. The number of carbonyl (C=O) groups excluding carboxylic acids is 1. The second-order valence-corrected chi connectivity index (χ2v) is 6.44. The van der Waals surface area contributed by atoms with Gasteiger partial charge in [0.1, 0.15) is 5.60 Å². The number of ether oxygens (including phenoxy) is 1. The lowest BCUT2D eigenvalue weighted by molar-refractivity contribution is -0.137. The molecule has 0 saturated heterocycles. The zero-order valence-electron chi connectivity index (χ0n) is 13.8. The van der Waals surface area contributed by atoms with Crippen molar-refractivity contribution in [3.63, 3.8) is 0 Å². The minimum atomic E-state index is -0.986. The van der Waals surface area contributed by atoms with E-state index in [1.54, 1.807) is 20.8 Å². The van der Waals surface area contributed by atoms with Crippen molar-refractivity contribution in [3.8, 4) is 0 Å². The second kappa shape index (κ2) is 8.53. The maximum atomic E-state index is 11.9. The van der Waals surface area contributed by atoms with Crippen molar-refractivity contribution >= 4 is 12.1 Å². The Morgan fingerprint density at radius 2 is 1.83 bits per heavy atom. The van der Waals surface area contributed by atoms with Gasteiger partial charge in [0.05, 0.1) is 12.1 Å². The highest BCUT2D eigenvalue weighted by atomic mass is 16.6. The Kier molecular flexibility index (Phi) is 7.03. The number of hydrogen-bond acceptors (Lipinski definition) is 4. The third-order valence-electron chi connectivity index (χ3n) is 3.12. The van der Waals surface area contributed by atoms with Crippen molar-refractivity contribution in [2.45, 2.75) is 57.8 Å². The number of hydrogen-bond donors (Lipinski definition) is 3. The number of carboxylic acids is 1. The van der Waals surface area contributed by atoms with Gasteiger partial charge in [0.2, 0.25) is 0 Å². The van der Waals surface area contributed by atoms with Gasteiger partial charge in [-0.3, -0.25) is 4.79 Å². The Balaban J connectivity index is 2.74. The highest BCUT2D eigenvalue weighted by Crippen LogP contribution is 2.12. The molecule has 0 spiro atoms. The smallest absolute Gasteiger partial charge is 0.407 e. The van der Waals surface area contributed by atoms with Gasteiger partial charge < -0.3 is 20.3 Å². The van der Waals surface area contributed by atoms with Gasteiger partial charge in [-0.25, -0.2) is 4.79 Å². The largest absolute Gasteiger partial charge is 0.481 e. The van der Waals surface area contributed by atoms with E-state index in [0.29, 0.717) is 6.42 Å². The molecule has 0 radical (unpaired) electrons. The molecule has 0 bridgehead atoms. The van der Waals surface area contributed by atoms with Crippen molar-refractivity contribution in [2.75, 3.05) is 0 Å². The first-order chi connectivity index (χ1) is 10.7. The van der Waals surface area contributed by atoms with Crippen LogP contribution in [0.2, 0.25) is 0 Å². The zero-order valence-corrected chi connectivity index (χ0v) is 13.8. The van der Waals surface area contributed by atoms with Crippen LogP contribution in [0.4, 0.5) is 4.79 Å². The lowest BCUT2D eigenvalue weighted by Crippen LogP contribution is -2.46. The van der Waals surface area contributed by atoms with Crippen molar-refractivity contribution in [1.29, 1.82) is 0 Å². The summed E-state index contributed by atoms with van der Waals surface area (Å²) in [4.78, 5) is 22.6. The Morgan fingerprint density at radius 3 is 2.35 bits per heavy atom. The molecule has 0 saturated carbocycles. The second-order valence-electron chi connectivity index (χ2n) is 6.44. The average Bonchev–Trinajstić information content (AvgIpc) is 2.43. The molecule has 128 valence electrons. The van der Waals surface area contributed by atoms with Crippen LogP contribution in [0.3, 0.4) is 0 Å². The molecule has 1 amide bonds. The number of aliphatic carboxylic acids is 1. The average molecular weight is 323 g/mol. The van der Waals surface area contributed by atoms with Crippen LogP contribution in [0, 0.1) is 0 Å². The van der Waals surface area contributed by atoms with E-state index in [1.165, 1.54) is 0 Å². The molecular weight excluding hydrogens is 298 g/mol. The normalized spacial score (nSPS) is 13.9. The van der Waals surface area contributed by atoms with E-state index in [4.69, 9.17) is 9.84 Å². The molecule has 0 aromatic heterocycles. The van der Waals surface area contributed by atoms with E-state index in [1.807, 2.05) is 30.3 Å². The minimum absolute atomic E-state index is 0.0582. The van der Waals surface area contributed by atoms with Crippen LogP contribution in [-0.2, 0) is 16.0 Å². The maximum absolute atomic E-state index is 11.9. The number of nitrogens with one attached hydrogen (secondary N) is 1. The number of carboxylic acid groups (broad SMARTS) is 1. The molecule has 6 heteroatoms. The molecule has 0 fully saturated rings. The van der Waals surface area contributed by atoms with Crippen molar-refractivity contribution in [3.05, 3.63) is 35.9 Å². The summed E-state index contributed by atoms with van der Waals surface area (Å²) < 4.78 is 5.20. The quantitative estimate of drug-likeness (QED) is 0.716. The van der Waals surface area contributed by atoms with Crippen LogP contribution in [0.15, 0.2) is 30.3 Å². The SMILES string of the molecule is CC(C)(C)OC(=O)N[C@@H](Cc1ccccc1)[C@H](O)CCC(=O)O. The molecule has 0 aliphatic carbocycles. The Morgan fingerprint density at radius 1 is 1.22 bits per heavy atom. The monoisotopic (exact) mass is 323 g/mol. The third kappa shape index (κ3) is 8.21. The van der Waals surface area contributed by atoms with Gasteiger partial charge >= 0.3 is 12.1 Å². The number of amides is 1. The van der Waals surface area contributed by atoms with Gasteiger partial charge in [-0.15, -0.1) is 0 Å². The van der Waals surface area contributed by atoms with E-state index in [9.17, 15) is 14.7 Å². The number of carbonyl (C=O) groups is 2. The summed E-state index contributed by atoms with van der Waals surface area (Å²) in [6.45, 7) is 5.25. The van der Waals surface area contributed by atoms with Crippen LogP contribution in [0.25, 0.3) is 0 Å². The van der Waals surface area contributed by atoms with Crippen LogP contribution in [-0.4, -0.2) is 40.0 Å². The zero-order chi connectivity index (χ0) is 17.5. The van der Waals surface area contributed by atoms with Crippen LogP contribution >= 0.6 is 0 Å². The first-order valence-electron chi connectivity index (χ1n) is 7.60. The summed E-state index contributed by atoms with van der Waals surface area (Å²) in [5, 5.41) is 21.6. The number of rotatable bonds is 7. The molecule has 0 unspecified atom stereocenters. The molecule has 1 rings (SSSR count). The van der Waals surface area contributed by atoms with Gasteiger partial charge in [-0.2, -0.15) is 0 Å². The maximum Gasteiger partial charge on any atom is 0.407 e. The highest BCUT2D eigenvalue weighted by molar-refractivity contribution is 5.68. The van der Waals surface area contributed by atoms with Gasteiger partial charge in [0, 0.05) is 6.42 Å². The summed E-state index contributed by atoms with van der Waals surface area (Å²) in [6.07, 6.45) is -1.32. The third-order valence-corrected chi connectivity index (χ3v) is 3.12. The lowest BCUT2D eigenvalue weighted by Gasteiger charge is -2.26. The minimum Gasteiger partial charge on any atom is -0.481 e. The molecule has 1 aromatic rings. The summed E-state index contributed by atoms with van der Waals surface area (Å²) in [5.41, 5.74) is 0.288. The fourth-order valence-electron chi connectivity index (χ4n) is 2.08. The summed E-state index contributed by atoms with van der Waals surface area (Å²) in [5.74, 6) is -0.986. The molecule has 0 aliphatic heterocycles. The standard InChI is InChI=1S/C17H25NO5/c1-17(2,3)23-16(22)18-13(14(19)9-10-15(20)21)11-12-7-5-4-6-8-12/h4-8,13-14,19H,9-11H2,1-3H3,(H,18,22)(H,20,21)/t13-,14+/m0/s1. The lowest BCUT2D eigenvalue weighted by atomic mass is 9.98. The first kappa shape index (κ1) is 19.0. The van der Waals surface area contributed by atoms with Gasteiger partial charge in [0.25, 0.3) is 0 Å². The molecule has 6 nitrogen and oxygen atoms in total. The molecule has 0 heterocycles. The van der Waals surface area contributed by atoms with Gasteiger partial charge in [0.15, 0.2) is 0 Å². The van der Waals surface area contributed by atoms with Crippen LogP contribution in [0.1, 0.15) is 39.2 Å². The summed E-state index contributed by atoms with van der Waals surface area (Å²) in [7, 11) is 0. The molecule has 23 heavy (non-hydrogen) atoms. The van der Waals surface area contributed by atoms with E-state index >= 15 is 0 Å². The summed E-state index contributed by atoms with van der Waals surface area (Å²) in [6, 6.07) is 8.75. The number of aliphatic hydroxyl groups is 1. The molecule has 1 aromatic carbocycles. The van der Waals surface area contributed by atoms with E-state index in [0.717, 1.165) is 5.56 Å². The summed E-state index contributed by atoms with van der Waals surface area (Å²) >= 11 is 0. The first-order valence-corrected chi connectivity index (χ1v) is 7.60. The van der Waals surface area contributed by atoms with Gasteiger partial charge in [-0.05, 0) is 39.2 Å². The van der Waals surface area contributed by atoms with E-state index in [-0.39, 0.29) is 12.8 Å². The van der Waals surface area contributed by atoms with Crippen LogP contribution < -0.4 is 5.32 Å². The topological polar surface area (TPSA) is 95.9 Å². The number of benzene rings is 1. The molecule has 2 atom stereocenters. The van der Waals surface area contributed by atoms with Crippen molar-refractivity contribution < 1.29 is 24.5 Å². The Bertz CT molecular complexity index is 509. The van der Waals surface area contributed by atoms with Crippen molar-refractivity contribution in [2.24, 2.45) is 0 Å². The van der Waals surface area contributed by atoms with Crippen molar-refractivity contribution in [1.82, 2.24) is 5.32 Å². The Labute approximate surface area is 136 Å². The fourth-order valence-corrected chi connectivity index (χ4v) is 2.08. The van der Waals surface area contributed by atoms with Crippen LogP contribution in [0.5, 0.6) is 0 Å². The predicted octanol–water partition coefficient (Wildman–Crippen LogP) is 2.35. The Hall–Kier alpha value is -2.08. The molecular formula is C17H25NO5. The predicted molar refractivity (Wildman–Crippen MR) is 86.2 cm³/mol.